The molecule has 1 aromatic rings. The summed E-state index contributed by atoms with van der Waals surface area (Å²) >= 11 is 0. The zero-order valence-corrected chi connectivity index (χ0v) is 23.3. The summed E-state index contributed by atoms with van der Waals surface area (Å²) < 4.78 is 16.5. The van der Waals surface area contributed by atoms with E-state index >= 15 is 0 Å². The minimum absolute atomic E-state index is 0.0265. The van der Waals surface area contributed by atoms with Crippen LogP contribution in [0.25, 0.3) is 0 Å². The molecular weight excluding hydrogens is 488 g/mol. The van der Waals surface area contributed by atoms with Crippen LogP contribution in [0.3, 0.4) is 0 Å². The molecule has 0 unspecified atom stereocenters. The molecule has 10 nitrogen and oxygen atoms in total. The van der Waals surface area contributed by atoms with Crippen molar-refractivity contribution in [3.8, 4) is 0 Å². The van der Waals surface area contributed by atoms with E-state index in [1.54, 1.807) is 25.2 Å². The van der Waals surface area contributed by atoms with E-state index in [1.165, 1.54) is 0 Å². The largest absolute Gasteiger partial charge is 0.383 e. The lowest BCUT2D eigenvalue weighted by molar-refractivity contribution is -0.138. The van der Waals surface area contributed by atoms with Crippen molar-refractivity contribution in [2.45, 2.75) is 51.4 Å². The maximum Gasteiger partial charge on any atom is 0.249 e. The van der Waals surface area contributed by atoms with Gasteiger partial charge < -0.3 is 29.7 Å². The Hall–Kier alpha value is -2.53. The average molecular weight is 531 g/mol. The van der Waals surface area contributed by atoms with Crippen LogP contribution in [0.5, 0.6) is 0 Å². The predicted molar refractivity (Wildman–Crippen MR) is 143 cm³/mol. The lowest BCUT2D eigenvalue weighted by Crippen LogP contribution is -2.47. The zero-order valence-electron chi connectivity index (χ0n) is 23.3. The van der Waals surface area contributed by atoms with Gasteiger partial charge in [0.2, 0.25) is 11.8 Å². The number of fused-ring (bicyclic) bond motifs is 1. The Morgan fingerprint density at radius 3 is 2.47 bits per heavy atom. The molecule has 2 N–H and O–H groups in total. The highest BCUT2D eigenvalue weighted by atomic mass is 16.5. The van der Waals surface area contributed by atoms with E-state index in [4.69, 9.17) is 19.9 Å². The Labute approximate surface area is 225 Å². The monoisotopic (exact) mass is 530 g/mol. The van der Waals surface area contributed by atoms with Crippen LogP contribution in [-0.2, 0) is 23.8 Å². The Morgan fingerprint density at radius 2 is 1.87 bits per heavy atom. The molecule has 38 heavy (non-hydrogen) atoms. The molecule has 3 fully saturated rings. The van der Waals surface area contributed by atoms with Gasteiger partial charge in [-0.15, -0.1) is 0 Å². The first-order chi connectivity index (χ1) is 18.0. The van der Waals surface area contributed by atoms with E-state index in [0.29, 0.717) is 24.2 Å². The number of nitrogens with zero attached hydrogens (tertiary/aromatic N) is 3. The standard InChI is InChI=1S/C28H42N4O6/c1-28(2,3)15-21(27(35)32-16-23(37-5)25-24(32)22(33)17-38-25)20-14-18(6-7-19(20)26(29)34)31-10-8-30(9-11-31)12-13-36-4/h6-7,14,21,23-25H,8-13,15-17H2,1-5H3,(H2,29,34)/t21-,23-,24+,25+/m0/s1. The van der Waals surface area contributed by atoms with E-state index in [0.717, 1.165) is 38.4 Å². The van der Waals surface area contributed by atoms with Crippen molar-refractivity contribution in [3.63, 3.8) is 0 Å². The van der Waals surface area contributed by atoms with Crippen LogP contribution in [0.1, 0.15) is 49.0 Å². The first-order valence-corrected chi connectivity index (χ1v) is 13.4. The molecule has 210 valence electrons. The Bertz CT molecular complexity index is 1030. The molecule has 10 heteroatoms. The maximum absolute atomic E-state index is 14.3. The van der Waals surface area contributed by atoms with Crippen molar-refractivity contribution in [2.75, 3.05) is 71.6 Å². The number of carbonyl (C=O) groups is 3. The number of Topliss-reactive ketones (excluding diaryl/α,β-unsaturated/α-hetero) is 1. The SMILES string of the molecule is COCCN1CCN(c2ccc(C(N)=O)c([C@H](CC(C)(C)C)C(=O)N3C[C@H](OC)[C@H]4OCC(=O)[C@H]43)c2)CC1. The smallest absolute Gasteiger partial charge is 0.249 e. The first kappa shape index (κ1) is 28.5. The van der Waals surface area contributed by atoms with E-state index in [1.807, 2.05) is 12.1 Å². The van der Waals surface area contributed by atoms with Crippen molar-refractivity contribution in [3.05, 3.63) is 29.3 Å². The van der Waals surface area contributed by atoms with Gasteiger partial charge in [0.15, 0.2) is 5.78 Å². The first-order valence-electron chi connectivity index (χ1n) is 13.4. The van der Waals surface area contributed by atoms with Gasteiger partial charge in [0.05, 0.1) is 19.1 Å². The summed E-state index contributed by atoms with van der Waals surface area (Å²) in [6.45, 7) is 11.5. The molecule has 0 aliphatic carbocycles. The lowest BCUT2D eigenvalue weighted by Gasteiger charge is -2.37. The molecule has 0 aromatic heterocycles. The number of primary amides is 1. The number of amides is 2. The third-order valence-electron chi connectivity index (χ3n) is 7.86. The molecule has 3 aliphatic heterocycles. The van der Waals surface area contributed by atoms with Crippen molar-refractivity contribution >= 4 is 23.3 Å². The highest BCUT2D eigenvalue weighted by Gasteiger charge is 2.53. The summed E-state index contributed by atoms with van der Waals surface area (Å²) in [5, 5.41) is 0. The summed E-state index contributed by atoms with van der Waals surface area (Å²) in [6.07, 6.45) is -0.355. The summed E-state index contributed by atoms with van der Waals surface area (Å²) in [5.74, 6) is -1.54. The van der Waals surface area contributed by atoms with Crippen LogP contribution < -0.4 is 10.6 Å². The fourth-order valence-electron chi connectivity index (χ4n) is 5.90. The Kier molecular flexibility index (Phi) is 8.76. The van der Waals surface area contributed by atoms with Gasteiger partial charge in [0, 0.05) is 58.2 Å². The number of hydrogen-bond donors (Lipinski definition) is 1. The molecule has 3 aliphatic rings. The molecule has 4 rings (SSSR count). The Balaban J connectivity index is 1.67. The van der Waals surface area contributed by atoms with E-state index in [2.05, 4.69) is 30.6 Å². The van der Waals surface area contributed by atoms with Crippen LogP contribution in [-0.4, -0.2) is 112 Å². The second-order valence-corrected chi connectivity index (χ2v) is 11.7. The van der Waals surface area contributed by atoms with Crippen LogP contribution in [0, 0.1) is 5.41 Å². The molecule has 3 saturated heterocycles. The minimum atomic E-state index is -0.671. The maximum atomic E-state index is 14.3. The number of anilines is 1. The van der Waals surface area contributed by atoms with Crippen LogP contribution in [0.4, 0.5) is 5.69 Å². The molecule has 3 heterocycles. The van der Waals surface area contributed by atoms with Crippen LogP contribution in [0.2, 0.25) is 0 Å². The van der Waals surface area contributed by atoms with Gasteiger partial charge in [-0.2, -0.15) is 0 Å². The number of methoxy groups -OCH3 is 2. The normalized spacial score (nSPS) is 25.1. The molecule has 1 aromatic carbocycles. The third-order valence-corrected chi connectivity index (χ3v) is 7.86. The number of carbonyl (C=O) groups excluding carboxylic acids is 3. The fraction of sp³-hybridized carbons (Fsp3) is 0.679. The molecule has 4 atom stereocenters. The second kappa shape index (κ2) is 11.7. The van der Waals surface area contributed by atoms with Crippen molar-refractivity contribution in [2.24, 2.45) is 11.1 Å². The van der Waals surface area contributed by atoms with Gasteiger partial charge in [-0.1, -0.05) is 20.8 Å². The van der Waals surface area contributed by atoms with Gasteiger partial charge in [-0.05, 0) is 35.6 Å². The van der Waals surface area contributed by atoms with Gasteiger partial charge in [-0.25, -0.2) is 0 Å². The Morgan fingerprint density at radius 1 is 1.16 bits per heavy atom. The molecule has 0 bridgehead atoms. The summed E-state index contributed by atoms with van der Waals surface area (Å²) in [5.41, 5.74) is 7.50. The minimum Gasteiger partial charge on any atom is -0.383 e. The molecule has 0 radical (unpaired) electrons. The summed E-state index contributed by atoms with van der Waals surface area (Å²) in [7, 11) is 3.28. The summed E-state index contributed by atoms with van der Waals surface area (Å²) in [4.78, 5) is 45.8. The van der Waals surface area contributed by atoms with E-state index in [-0.39, 0.29) is 36.4 Å². The highest BCUT2D eigenvalue weighted by Crippen LogP contribution is 2.39. The van der Waals surface area contributed by atoms with Crippen molar-refractivity contribution in [1.82, 2.24) is 9.80 Å². The number of benzene rings is 1. The fourth-order valence-corrected chi connectivity index (χ4v) is 5.90. The number of hydrogen-bond acceptors (Lipinski definition) is 8. The average Bonchev–Trinajstić information content (AvgIpc) is 3.45. The molecule has 0 saturated carbocycles. The topological polar surface area (TPSA) is 115 Å². The second-order valence-electron chi connectivity index (χ2n) is 11.7. The van der Waals surface area contributed by atoms with E-state index < -0.39 is 24.0 Å². The van der Waals surface area contributed by atoms with Gasteiger partial charge in [0.1, 0.15) is 24.9 Å². The van der Waals surface area contributed by atoms with E-state index in [9.17, 15) is 14.4 Å². The quantitative estimate of drug-likeness (QED) is 0.508. The lowest BCUT2D eigenvalue weighted by atomic mass is 9.79. The number of ketones is 1. The molecule has 2 amide bonds. The molecule has 0 spiro atoms. The third kappa shape index (κ3) is 6.03. The van der Waals surface area contributed by atoms with Crippen LogP contribution >= 0.6 is 0 Å². The predicted octanol–water partition coefficient (Wildman–Crippen LogP) is 1.27. The molecular formula is C28H42N4O6. The highest BCUT2D eigenvalue weighted by molar-refractivity contribution is 5.99. The number of rotatable bonds is 9. The zero-order chi connectivity index (χ0) is 27.6. The van der Waals surface area contributed by atoms with Gasteiger partial charge in [0.25, 0.3) is 0 Å². The number of piperazine rings is 1. The van der Waals surface area contributed by atoms with Crippen LogP contribution in [0.15, 0.2) is 18.2 Å². The van der Waals surface area contributed by atoms with Gasteiger partial charge in [-0.3, -0.25) is 19.3 Å². The summed E-state index contributed by atoms with van der Waals surface area (Å²) in [6, 6.07) is 4.93. The van der Waals surface area contributed by atoms with Gasteiger partial charge >= 0.3 is 0 Å². The van der Waals surface area contributed by atoms with Crippen molar-refractivity contribution < 1.29 is 28.6 Å². The van der Waals surface area contributed by atoms with Crippen molar-refractivity contribution in [1.29, 1.82) is 0 Å². The number of ether oxygens (including phenoxy) is 3. The number of likely N-dealkylation sites (tertiary alicyclic amines) is 1. The number of nitrogens with two attached hydrogens (primary N) is 1.